The Hall–Kier alpha value is -2.54. The SMILES string of the molecule is O=C(c1ccc(N2CCCC2)c([N+](=O)[O-])c1)N1CCCSc2ccccc21. The highest BCUT2D eigenvalue weighted by atomic mass is 32.2. The van der Waals surface area contributed by atoms with Crippen molar-refractivity contribution < 1.29 is 9.72 Å². The smallest absolute Gasteiger partial charge is 0.293 e. The van der Waals surface area contributed by atoms with Gasteiger partial charge in [-0.3, -0.25) is 14.9 Å². The summed E-state index contributed by atoms with van der Waals surface area (Å²) in [4.78, 5) is 29.3. The summed E-state index contributed by atoms with van der Waals surface area (Å²) < 4.78 is 0. The van der Waals surface area contributed by atoms with Crippen LogP contribution in [0.1, 0.15) is 29.6 Å². The van der Waals surface area contributed by atoms with Crippen LogP contribution in [0.15, 0.2) is 47.4 Å². The van der Waals surface area contributed by atoms with E-state index < -0.39 is 0 Å². The third-order valence-corrected chi connectivity index (χ3v) is 6.20. The number of hydrogen-bond acceptors (Lipinski definition) is 5. The second-order valence-electron chi connectivity index (χ2n) is 6.78. The molecule has 2 aliphatic rings. The number of hydrogen-bond donors (Lipinski definition) is 0. The number of rotatable bonds is 3. The van der Waals surface area contributed by atoms with Crippen LogP contribution in [0.5, 0.6) is 0 Å². The summed E-state index contributed by atoms with van der Waals surface area (Å²) in [5.41, 5.74) is 1.88. The average molecular weight is 383 g/mol. The monoisotopic (exact) mass is 383 g/mol. The summed E-state index contributed by atoms with van der Waals surface area (Å²) in [6.45, 7) is 2.26. The molecule has 0 saturated carbocycles. The molecule has 0 radical (unpaired) electrons. The van der Waals surface area contributed by atoms with E-state index in [1.807, 2.05) is 29.2 Å². The normalized spacial score (nSPS) is 16.7. The summed E-state index contributed by atoms with van der Waals surface area (Å²) in [5.74, 6) is 0.774. The number of nitro benzene ring substituents is 1. The first kappa shape index (κ1) is 17.9. The van der Waals surface area contributed by atoms with E-state index in [9.17, 15) is 14.9 Å². The molecular weight excluding hydrogens is 362 g/mol. The number of nitrogens with zero attached hydrogens (tertiary/aromatic N) is 3. The summed E-state index contributed by atoms with van der Waals surface area (Å²) in [6.07, 6.45) is 2.97. The van der Waals surface area contributed by atoms with Gasteiger partial charge in [0.05, 0.1) is 10.6 Å². The van der Waals surface area contributed by atoms with Gasteiger partial charge in [0.2, 0.25) is 0 Å². The van der Waals surface area contributed by atoms with Crippen molar-refractivity contribution in [3.8, 4) is 0 Å². The zero-order chi connectivity index (χ0) is 18.8. The van der Waals surface area contributed by atoms with Gasteiger partial charge >= 0.3 is 0 Å². The number of thioether (sulfide) groups is 1. The molecule has 27 heavy (non-hydrogen) atoms. The van der Waals surface area contributed by atoms with E-state index in [4.69, 9.17) is 0 Å². The Balaban J connectivity index is 1.70. The molecule has 1 amide bonds. The number of carbonyl (C=O) groups is 1. The molecule has 1 saturated heterocycles. The van der Waals surface area contributed by atoms with E-state index in [0.717, 1.165) is 48.7 Å². The maximum absolute atomic E-state index is 13.2. The third kappa shape index (κ3) is 3.51. The molecule has 0 atom stereocenters. The highest BCUT2D eigenvalue weighted by molar-refractivity contribution is 7.99. The predicted octanol–water partition coefficient (Wildman–Crippen LogP) is 4.34. The highest BCUT2D eigenvalue weighted by Crippen LogP contribution is 2.36. The number of para-hydroxylation sites is 1. The van der Waals surface area contributed by atoms with Gasteiger partial charge in [-0.15, -0.1) is 11.8 Å². The van der Waals surface area contributed by atoms with Gasteiger partial charge in [0.1, 0.15) is 5.69 Å². The number of amides is 1. The molecule has 0 N–H and O–H groups in total. The first-order valence-corrected chi connectivity index (χ1v) is 10.2. The Bertz CT molecular complexity index is 881. The largest absolute Gasteiger partial charge is 0.366 e. The molecule has 2 aromatic carbocycles. The van der Waals surface area contributed by atoms with Crippen molar-refractivity contribution in [2.24, 2.45) is 0 Å². The van der Waals surface area contributed by atoms with Crippen LogP contribution in [0.3, 0.4) is 0 Å². The summed E-state index contributed by atoms with van der Waals surface area (Å²) in [7, 11) is 0. The van der Waals surface area contributed by atoms with Gasteiger partial charge in [0, 0.05) is 36.2 Å². The molecule has 0 spiro atoms. The summed E-state index contributed by atoms with van der Waals surface area (Å²) in [5, 5.41) is 11.6. The van der Waals surface area contributed by atoms with E-state index >= 15 is 0 Å². The van der Waals surface area contributed by atoms with Crippen LogP contribution >= 0.6 is 11.8 Å². The van der Waals surface area contributed by atoms with E-state index in [1.165, 1.54) is 6.07 Å². The summed E-state index contributed by atoms with van der Waals surface area (Å²) in [6, 6.07) is 12.7. The maximum atomic E-state index is 13.2. The Kier molecular flexibility index (Phi) is 5.03. The molecule has 0 aliphatic carbocycles. The predicted molar refractivity (Wildman–Crippen MR) is 108 cm³/mol. The van der Waals surface area contributed by atoms with Gasteiger partial charge in [-0.25, -0.2) is 0 Å². The third-order valence-electron chi connectivity index (χ3n) is 5.05. The van der Waals surface area contributed by atoms with E-state index in [2.05, 4.69) is 0 Å². The molecule has 2 aliphatic heterocycles. The van der Waals surface area contributed by atoms with Crippen LogP contribution in [-0.2, 0) is 0 Å². The van der Waals surface area contributed by atoms with Crippen molar-refractivity contribution in [2.45, 2.75) is 24.2 Å². The minimum atomic E-state index is -0.378. The number of nitro groups is 1. The zero-order valence-electron chi connectivity index (χ0n) is 15.0. The van der Waals surface area contributed by atoms with Crippen LogP contribution in [0.4, 0.5) is 17.1 Å². The molecule has 7 heteroatoms. The number of carbonyl (C=O) groups excluding carboxylic acids is 1. The number of anilines is 2. The van der Waals surface area contributed by atoms with Gasteiger partial charge in [-0.2, -0.15) is 0 Å². The number of benzene rings is 2. The lowest BCUT2D eigenvalue weighted by Gasteiger charge is -2.23. The van der Waals surface area contributed by atoms with Crippen molar-refractivity contribution in [1.82, 2.24) is 0 Å². The van der Waals surface area contributed by atoms with Gasteiger partial charge < -0.3 is 9.80 Å². The fraction of sp³-hybridized carbons (Fsp3) is 0.350. The van der Waals surface area contributed by atoms with Gasteiger partial charge in [0.15, 0.2) is 0 Å². The fourth-order valence-electron chi connectivity index (χ4n) is 3.72. The maximum Gasteiger partial charge on any atom is 0.293 e. The fourth-order valence-corrected chi connectivity index (χ4v) is 4.72. The van der Waals surface area contributed by atoms with Crippen LogP contribution < -0.4 is 9.80 Å². The van der Waals surface area contributed by atoms with Crippen molar-refractivity contribution in [1.29, 1.82) is 0 Å². The lowest BCUT2D eigenvalue weighted by Crippen LogP contribution is -2.32. The first-order chi connectivity index (χ1) is 13.1. The second kappa shape index (κ2) is 7.60. The van der Waals surface area contributed by atoms with Crippen LogP contribution in [-0.4, -0.2) is 36.2 Å². The first-order valence-electron chi connectivity index (χ1n) is 9.22. The van der Waals surface area contributed by atoms with Gasteiger partial charge in [-0.1, -0.05) is 12.1 Å². The molecule has 0 bridgehead atoms. The highest BCUT2D eigenvalue weighted by Gasteiger charge is 2.27. The molecule has 2 heterocycles. The Morgan fingerprint density at radius 3 is 2.56 bits per heavy atom. The molecule has 1 fully saturated rings. The molecule has 2 aromatic rings. The Labute approximate surface area is 162 Å². The number of fused-ring (bicyclic) bond motifs is 1. The zero-order valence-corrected chi connectivity index (χ0v) is 15.8. The van der Waals surface area contributed by atoms with Crippen molar-refractivity contribution in [2.75, 3.05) is 35.2 Å². The van der Waals surface area contributed by atoms with Crippen LogP contribution in [0.2, 0.25) is 0 Å². The standard InChI is InChI=1S/C20H21N3O3S/c24-20(22-12-5-13-27-19-7-2-1-6-17(19)22)15-8-9-16(18(14-15)23(25)26)21-10-3-4-11-21/h1-2,6-9,14H,3-5,10-13H2. The van der Waals surface area contributed by atoms with Crippen molar-refractivity contribution in [3.63, 3.8) is 0 Å². The molecule has 4 rings (SSSR count). The van der Waals surface area contributed by atoms with E-state index in [1.54, 1.807) is 28.8 Å². The van der Waals surface area contributed by atoms with Gasteiger partial charge in [-0.05, 0) is 49.3 Å². The molecular formula is C20H21N3O3S. The van der Waals surface area contributed by atoms with E-state index in [0.29, 0.717) is 17.8 Å². The lowest BCUT2D eigenvalue weighted by atomic mass is 10.1. The topological polar surface area (TPSA) is 66.7 Å². The Morgan fingerprint density at radius 2 is 1.78 bits per heavy atom. The van der Waals surface area contributed by atoms with Gasteiger partial charge in [0.25, 0.3) is 11.6 Å². The van der Waals surface area contributed by atoms with E-state index in [-0.39, 0.29) is 16.5 Å². The van der Waals surface area contributed by atoms with Crippen LogP contribution in [0, 0.1) is 10.1 Å². The molecule has 6 nitrogen and oxygen atoms in total. The molecule has 0 unspecified atom stereocenters. The minimum absolute atomic E-state index is 0.0141. The minimum Gasteiger partial charge on any atom is -0.366 e. The quantitative estimate of drug-likeness (QED) is 0.583. The van der Waals surface area contributed by atoms with Crippen molar-refractivity contribution in [3.05, 3.63) is 58.1 Å². The summed E-state index contributed by atoms with van der Waals surface area (Å²) >= 11 is 1.74. The van der Waals surface area contributed by atoms with Crippen LogP contribution in [0.25, 0.3) is 0 Å². The average Bonchev–Trinajstić information content (AvgIpc) is 3.14. The second-order valence-corrected chi connectivity index (χ2v) is 7.92. The molecule has 140 valence electrons. The molecule has 0 aromatic heterocycles. The Morgan fingerprint density at radius 1 is 1.00 bits per heavy atom. The lowest BCUT2D eigenvalue weighted by molar-refractivity contribution is -0.384. The van der Waals surface area contributed by atoms with Crippen molar-refractivity contribution >= 4 is 34.7 Å².